The number of hydrogen-bond acceptors (Lipinski definition) is 3. The molecule has 3 rings (SSSR count). The van der Waals surface area contributed by atoms with Gasteiger partial charge < -0.3 is 20.3 Å². The first-order valence-corrected chi connectivity index (χ1v) is 9.85. The standard InChI is InChI=1S/C20H30F2N4O.HI/c1-3-23-19(25-14-20(2)8-4-10-27-20)24-12-15-7-9-26(13-15)16-5-6-17(21)18(22)11-16;/h5-6,11,15H,3-4,7-10,12-14H2,1-2H3,(H2,23,24,25);1H. The summed E-state index contributed by atoms with van der Waals surface area (Å²) in [6.45, 7) is 8.88. The van der Waals surface area contributed by atoms with Gasteiger partial charge in [-0.05, 0) is 51.2 Å². The number of hydrogen-bond donors (Lipinski definition) is 2. The number of halogens is 3. The molecule has 2 saturated heterocycles. The monoisotopic (exact) mass is 508 g/mol. The molecule has 1 aromatic rings. The zero-order valence-corrected chi connectivity index (χ0v) is 19.0. The maximum atomic E-state index is 13.5. The molecule has 2 N–H and O–H groups in total. The van der Waals surface area contributed by atoms with Crippen LogP contribution >= 0.6 is 24.0 Å². The van der Waals surface area contributed by atoms with E-state index in [1.165, 1.54) is 12.1 Å². The predicted octanol–water partition coefficient (Wildman–Crippen LogP) is 3.53. The SMILES string of the molecule is CCNC(=NCC1(C)CCCO1)NCC1CCN(c2ccc(F)c(F)c2)C1.I. The van der Waals surface area contributed by atoms with Gasteiger partial charge >= 0.3 is 0 Å². The van der Waals surface area contributed by atoms with Crippen LogP contribution in [0.2, 0.25) is 0 Å². The van der Waals surface area contributed by atoms with Crippen molar-refractivity contribution in [3.05, 3.63) is 29.8 Å². The zero-order chi connectivity index (χ0) is 19.3. The smallest absolute Gasteiger partial charge is 0.191 e. The molecule has 0 amide bonds. The summed E-state index contributed by atoms with van der Waals surface area (Å²) in [5.74, 6) is -0.360. The highest BCUT2D eigenvalue weighted by atomic mass is 127. The second-order valence-corrected chi connectivity index (χ2v) is 7.68. The largest absolute Gasteiger partial charge is 0.373 e. The van der Waals surface area contributed by atoms with Gasteiger partial charge in [0.15, 0.2) is 17.6 Å². The summed E-state index contributed by atoms with van der Waals surface area (Å²) in [6.07, 6.45) is 3.14. The van der Waals surface area contributed by atoms with E-state index in [0.717, 1.165) is 63.7 Å². The Morgan fingerprint density at radius 2 is 2.14 bits per heavy atom. The van der Waals surface area contributed by atoms with Gasteiger partial charge in [-0.25, -0.2) is 8.78 Å². The topological polar surface area (TPSA) is 48.9 Å². The summed E-state index contributed by atoms with van der Waals surface area (Å²) in [4.78, 5) is 6.79. The molecule has 8 heteroatoms. The van der Waals surface area contributed by atoms with E-state index in [-0.39, 0.29) is 29.6 Å². The third kappa shape index (κ3) is 6.17. The molecule has 2 fully saturated rings. The molecule has 5 nitrogen and oxygen atoms in total. The molecular formula is C20H31F2IN4O. The minimum absolute atomic E-state index is 0. The highest BCUT2D eigenvalue weighted by Crippen LogP contribution is 2.26. The van der Waals surface area contributed by atoms with Gasteiger partial charge in [-0.3, -0.25) is 4.99 Å². The minimum atomic E-state index is -0.803. The van der Waals surface area contributed by atoms with E-state index in [9.17, 15) is 8.78 Å². The quantitative estimate of drug-likeness (QED) is 0.351. The molecule has 0 bridgehead atoms. The average Bonchev–Trinajstić information content (AvgIpc) is 3.29. The Morgan fingerprint density at radius 1 is 1.32 bits per heavy atom. The van der Waals surface area contributed by atoms with Crippen LogP contribution in [0, 0.1) is 17.6 Å². The molecule has 158 valence electrons. The van der Waals surface area contributed by atoms with Crippen molar-refractivity contribution in [1.82, 2.24) is 10.6 Å². The average molecular weight is 508 g/mol. The number of aliphatic imine (C=N–C) groups is 1. The van der Waals surface area contributed by atoms with Crippen molar-refractivity contribution in [2.45, 2.75) is 38.7 Å². The summed E-state index contributed by atoms with van der Waals surface area (Å²) < 4.78 is 32.4. The summed E-state index contributed by atoms with van der Waals surface area (Å²) >= 11 is 0. The summed E-state index contributed by atoms with van der Waals surface area (Å²) in [5.41, 5.74) is 0.586. The Hall–Kier alpha value is -1.16. The maximum absolute atomic E-state index is 13.5. The van der Waals surface area contributed by atoms with Crippen molar-refractivity contribution in [2.24, 2.45) is 10.9 Å². The third-order valence-electron chi connectivity index (χ3n) is 5.33. The van der Waals surface area contributed by atoms with E-state index in [2.05, 4.69) is 22.5 Å². The molecule has 0 saturated carbocycles. The first kappa shape index (κ1) is 23.1. The van der Waals surface area contributed by atoms with Crippen molar-refractivity contribution < 1.29 is 13.5 Å². The van der Waals surface area contributed by atoms with Crippen LogP contribution in [0.4, 0.5) is 14.5 Å². The van der Waals surface area contributed by atoms with Crippen LogP contribution in [0.1, 0.15) is 33.1 Å². The number of ether oxygens (including phenoxy) is 1. The van der Waals surface area contributed by atoms with E-state index < -0.39 is 11.6 Å². The lowest BCUT2D eigenvalue weighted by Gasteiger charge is -2.22. The summed E-state index contributed by atoms with van der Waals surface area (Å²) in [7, 11) is 0. The van der Waals surface area contributed by atoms with Gasteiger partial charge in [0.05, 0.1) is 12.1 Å². The van der Waals surface area contributed by atoms with Crippen molar-refractivity contribution in [3.63, 3.8) is 0 Å². The molecule has 2 heterocycles. The van der Waals surface area contributed by atoms with Gasteiger partial charge in [0.1, 0.15) is 0 Å². The van der Waals surface area contributed by atoms with Crippen molar-refractivity contribution in [2.75, 3.05) is 44.2 Å². The molecule has 0 spiro atoms. The Labute approximate surface area is 183 Å². The summed E-state index contributed by atoms with van der Waals surface area (Å²) in [6, 6.07) is 4.11. The molecule has 0 radical (unpaired) electrons. The Balaban J connectivity index is 0.00000280. The van der Waals surface area contributed by atoms with Crippen molar-refractivity contribution in [3.8, 4) is 0 Å². The minimum Gasteiger partial charge on any atom is -0.373 e. The molecule has 2 aliphatic heterocycles. The Kier molecular flexibility index (Phi) is 8.73. The number of benzene rings is 1. The molecule has 2 aliphatic rings. The van der Waals surface area contributed by atoms with Gasteiger partial charge in [0, 0.05) is 44.5 Å². The molecule has 2 unspecified atom stereocenters. The third-order valence-corrected chi connectivity index (χ3v) is 5.33. The van der Waals surface area contributed by atoms with Crippen LogP contribution in [0.3, 0.4) is 0 Å². The molecular weight excluding hydrogens is 477 g/mol. The van der Waals surface area contributed by atoms with Crippen LogP contribution in [0.5, 0.6) is 0 Å². The molecule has 28 heavy (non-hydrogen) atoms. The fourth-order valence-electron chi connectivity index (χ4n) is 3.71. The van der Waals surface area contributed by atoms with E-state index in [1.54, 1.807) is 6.07 Å². The number of guanidine groups is 1. The number of nitrogens with one attached hydrogen (secondary N) is 2. The fourth-order valence-corrected chi connectivity index (χ4v) is 3.71. The van der Waals surface area contributed by atoms with Crippen molar-refractivity contribution >= 4 is 35.6 Å². The first-order valence-electron chi connectivity index (χ1n) is 9.85. The number of rotatable bonds is 6. The van der Waals surface area contributed by atoms with Crippen molar-refractivity contribution in [1.29, 1.82) is 0 Å². The number of anilines is 1. The molecule has 0 aliphatic carbocycles. The Morgan fingerprint density at radius 3 is 2.82 bits per heavy atom. The fraction of sp³-hybridized carbons (Fsp3) is 0.650. The number of nitrogens with zero attached hydrogens (tertiary/aromatic N) is 2. The van der Waals surface area contributed by atoms with Gasteiger partial charge in [0.25, 0.3) is 0 Å². The zero-order valence-electron chi connectivity index (χ0n) is 16.6. The predicted molar refractivity (Wildman–Crippen MR) is 120 cm³/mol. The van der Waals surface area contributed by atoms with Gasteiger partial charge in [-0.1, -0.05) is 0 Å². The van der Waals surface area contributed by atoms with Crippen LogP contribution in [0.25, 0.3) is 0 Å². The van der Waals surface area contributed by atoms with Crippen LogP contribution in [-0.2, 0) is 4.74 Å². The highest BCUT2D eigenvalue weighted by molar-refractivity contribution is 14.0. The molecule has 0 aromatic heterocycles. The lowest BCUT2D eigenvalue weighted by molar-refractivity contribution is 0.0283. The van der Waals surface area contributed by atoms with Gasteiger partial charge in [0.2, 0.25) is 0 Å². The van der Waals surface area contributed by atoms with E-state index in [1.807, 2.05) is 6.92 Å². The normalized spacial score (nSPS) is 24.9. The highest BCUT2D eigenvalue weighted by Gasteiger charge is 2.29. The van der Waals surface area contributed by atoms with E-state index in [4.69, 9.17) is 9.73 Å². The lowest BCUT2D eigenvalue weighted by Crippen LogP contribution is -2.41. The second-order valence-electron chi connectivity index (χ2n) is 7.68. The first-order chi connectivity index (χ1) is 13.0. The lowest BCUT2D eigenvalue weighted by atomic mass is 10.0. The molecule has 2 atom stereocenters. The van der Waals surface area contributed by atoms with Crippen LogP contribution in [-0.4, -0.2) is 50.9 Å². The second kappa shape index (κ2) is 10.6. The van der Waals surface area contributed by atoms with E-state index in [0.29, 0.717) is 12.5 Å². The van der Waals surface area contributed by atoms with Gasteiger partial charge in [-0.15, -0.1) is 24.0 Å². The Bertz CT molecular complexity index is 668. The maximum Gasteiger partial charge on any atom is 0.191 e. The van der Waals surface area contributed by atoms with E-state index >= 15 is 0 Å². The summed E-state index contributed by atoms with van der Waals surface area (Å²) in [5, 5.41) is 6.70. The van der Waals surface area contributed by atoms with Crippen LogP contribution in [0.15, 0.2) is 23.2 Å². The molecule has 1 aromatic carbocycles. The van der Waals surface area contributed by atoms with Crippen LogP contribution < -0.4 is 15.5 Å². The van der Waals surface area contributed by atoms with Gasteiger partial charge in [-0.2, -0.15) is 0 Å².